The minimum absolute atomic E-state index is 0.00966. The summed E-state index contributed by atoms with van der Waals surface area (Å²) < 4.78 is 24.7. The van der Waals surface area contributed by atoms with Gasteiger partial charge in [-0.2, -0.15) is 5.21 Å². The molecule has 0 fully saturated rings. The summed E-state index contributed by atoms with van der Waals surface area (Å²) in [5.41, 5.74) is -0.132. The third-order valence-corrected chi connectivity index (χ3v) is 6.21. The number of aliphatic hydroxyl groups is 1. The minimum Gasteiger partial charge on any atom is -0.504 e. The first kappa shape index (κ1) is 17.2. The SMILES string of the molecule is O=C(C=C(O)c1nn[nH]n1)c1csc(S(=O)(=O)c2ccc(Cl)cc2)n1. The van der Waals surface area contributed by atoms with E-state index in [1.165, 1.54) is 29.6 Å². The van der Waals surface area contributed by atoms with Crippen molar-refractivity contribution in [1.82, 2.24) is 25.6 Å². The van der Waals surface area contributed by atoms with Gasteiger partial charge in [0.05, 0.1) is 4.90 Å². The summed E-state index contributed by atoms with van der Waals surface area (Å²) in [4.78, 5) is 15.9. The van der Waals surface area contributed by atoms with Crippen LogP contribution in [0, 0.1) is 0 Å². The second-order valence-corrected chi connectivity index (χ2v) is 8.00. The number of aromatic amines is 1. The second-order valence-electron chi connectivity index (χ2n) is 4.59. The van der Waals surface area contributed by atoms with E-state index in [1.54, 1.807) is 0 Å². The lowest BCUT2D eigenvalue weighted by Gasteiger charge is -2.00. The molecule has 2 heterocycles. The minimum atomic E-state index is -3.87. The maximum absolute atomic E-state index is 12.5. The number of nitrogens with zero attached hydrogens (tertiary/aromatic N) is 4. The number of rotatable bonds is 5. The molecule has 0 aliphatic rings. The Balaban J connectivity index is 1.88. The number of nitrogens with one attached hydrogen (secondary N) is 1. The summed E-state index contributed by atoms with van der Waals surface area (Å²) in [5, 5.41) is 23.8. The van der Waals surface area contributed by atoms with Crippen LogP contribution in [0.1, 0.15) is 16.3 Å². The number of hydrogen-bond donors (Lipinski definition) is 2. The van der Waals surface area contributed by atoms with Gasteiger partial charge in [-0.3, -0.25) is 4.79 Å². The van der Waals surface area contributed by atoms with Crippen LogP contribution in [0.2, 0.25) is 5.02 Å². The fourth-order valence-electron chi connectivity index (χ4n) is 1.74. The van der Waals surface area contributed by atoms with Crippen LogP contribution < -0.4 is 0 Å². The van der Waals surface area contributed by atoms with E-state index in [4.69, 9.17) is 11.6 Å². The first-order valence-corrected chi connectivity index (χ1v) is 9.27. The number of thiazole rings is 1. The lowest BCUT2D eigenvalue weighted by molar-refractivity contribution is 0.104. The number of carbonyl (C=O) groups excluding carboxylic acids is 1. The number of sulfone groups is 1. The molecule has 1 aromatic carbocycles. The molecule has 12 heteroatoms. The maximum atomic E-state index is 12.5. The highest BCUT2D eigenvalue weighted by molar-refractivity contribution is 7.93. The van der Waals surface area contributed by atoms with Crippen LogP contribution in [0.15, 0.2) is 45.0 Å². The van der Waals surface area contributed by atoms with Gasteiger partial charge in [0.15, 0.2) is 5.76 Å². The molecule has 128 valence electrons. The largest absolute Gasteiger partial charge is 0.504 e. The molecule has 0 aliphatic heterocycles. The molecule has 0 aliphatic carbocycles. The standard InChI is InChI=1S/C13H8ClN5O4S2/c14-7-1-3-8(4-2-7)25(22,23)13-15-9(6-24-13)10(20)5-11(21)12-16-18-19-17-12/h1-6,21H,(H,16,17,18,19). The van der Waals surface area contributed by atoms with Gasteiger partial charge in [0, 0.05) is 16.5 Å². The van der Waals surface area contributed by atoms with Crippen molar-refractivity contribution in [2.45, 2.75) is 9.24 Å². The van der Waals surface area contributed by atoms with Crippen molar-refractivity contribution in [2.24, 2.45) is 0 Å². The van der Waals surface area contributed by atoms with Gasteiger partial charge in [-0.05, 0) is 29.5 Å². The van der Waals surface area contributed by atoms with Gasteiger partial charge in [-0.1, -0.05) is 11.6 Å². The van der Waals surface area contributed by atoms with E-state index < -0.39 is 21.4 Å². The van der Waals surface area contributed by atoms with E-state index in [9.17, 15) is 18.3 Å². The third-order valence-electron chi connectivity index (χ3n) is 2.93. The molecule has 2 aromatic heterocycles. The Morgan fingerprint density at radius 1 is 1.28 bits per heavy atom. The predicted octanol–water partition coefficient (Wildman–Crippen LogP) is 1.92. The number of halogens is 1. The normalized spacial score (nSPS) is 12.3. The number of tetrazole rings is 1. The smallest absolute Gasteiger partial charge is 0.239 e. The van der Waals surface area contributed by atoms with Gasteiger partial charge in [0.25, 0.3) is 0 Å². The lowest BCUT2D eigenvalue weighted by atomic mass is 10.2. The quantitative estimate of drug-likeness (QED) is 0.378. The molecule has 9 nitrogen and oxygen atoms in total. The fraction of sp³-hybridized carbons (Fsp3) is 0. The molecule has 2 N–H and O–H groups in total. The molecule has 0 amide bonds. The Bertz CT molecular complexity index is 1040. The molecular formula is C13H8ClN5O4S2. The highest BCUT2D eigenvalue weighted by atomic mass is 35.5. The zero-order valence-electron chi connectivity index (χ0n) is 12.1. The van der Waals surface area contributed by atoms with E-state index in [-0.39, 0.29) is 20.8 Å². The van der Waals surface area contributed by atoms with Crippen molar-refractivity contribution in [1.29, 1.82) is 0 Å². The van der Waals surface area contributed by atoms with Crippen LogP contribution in [0.3, 0.4) is 0 Å². The van der Waals surface area contributed by atoms with Crippen molar-refractivity contribution < 1.29 is 18.3 Å². The van der Waals surface area contributed by atoms with Crippen LogP contribution in [0.25, 0.3) is 5.76 Å². The number of aromatic nitrogens is 5. The van der Waals surface area contributed by atoms with Crippen molar-refractivity contribution >= 4 is 44.3 Å². The number of carbonyl (C=O) groups is 1. The van der Waals surface area contributed by atoms with Crippen molar-refractivity contribution in [3.05, 3.63) is 52.3 Å². The summed E-state index contributed by atoms with van der Waals surface area (Å²) in [6.45, 7) is 0. The monoisotopic (exact) mass is 397 g/mol. The molecule has 0 saturated carbocycles. The van der Waals surface area contributed by atoms with Crippen molar-refractivity contribution in [3.8, 4) is 0 Å². The molecule has 0 radical (unpaired) electrons. The molecule has 0 bridgehead atoms. The first-order valence-electron chi connectivity index (χ1n) is 6.53. The molecule has 3 aromatic rings. The molecule has 0 unspecified atom stereocenters. The Hall–Kier alpha value is -2.63. The van der Waals surface area contributed by atoms with E-state index >= 15 is 0 Å². The van der Waals surface area contributed by atoms with Gasteiger partial charge < -0.3 is 5.11 Å². The van der Waals surface area contributed by atoms with Crippen molar-refractivity contribution in [3.63, 3.8) is 0 Å². The second kappa shape index (κ2) is 6.70. The van der Waals surface area contributed by atoms with Gasteiger partial charge in [0.2, 0.25) is 25.8 Å². The number of ketones is 1. The third kappa shape index (κ3) is 3.57. The van der Waals surface area contributed by atoms with Crippen LogP contribution in [-0.4, -0.2) is 44.9 Å². The summed E-state index contributed by atoms with van der Waals surface area (Å²) in [6.07, 6.45) is 0.832. The maximum Gasteiger partial charge on any atom is 0.239 e. The molecule has 0 spiro atoms. The van der Waals surface area contributed by atoms with Crippen molar-refractivity contribution in [2.75, 3.05) is 0 Å². The molecule has 0 saturated heterocycles. The number of allylic oxidation sites excluding steroid dienone is 1. The topological polar surface area (TPSA) is 139 Å². The Morgan fingerprint density at radius 2 is 2.00 bits per heavy atom. The summed E-state index contributed by atoms with van der Waals surface area (Å²) in [6, 6.07) is 5.59. The molecule has 0 atom stereocenters. The highest BCUT2D eigenvalue weighted by Gasteiger charge is 2.23. The van der Waals surface area contributed by atoms with E-state index in [1.807, 2.05) is 0 Å². The molecule has 3 rings (SSSR count). The Morgan fingerprint density at radius 3 is 2.64 bits per heavy atom. The van der Waals surface area contributed by atoms with Crippen LogP contribution in [0.5, 0.6) is 0 Å². The average molecular weight is 398 g/mol. The number of benzene rings is 1. The average Bonchev–Trinajstić information content (AvgIpc) is 3.27. The van der Waals surface area contributed by atoms with Crippen LogP contribution >= 0.6 is 22.9 Å². The Kier molecular flexibility index (Phi) is 4.61. The first-order chi connectivity index (χ1) is 11.9. The summed E-state index contributed by atoms with van der Waals surface area (Å²) in [5.74, 6) is -1.39. The summed E-state index contributed by atoms with van der Waals surface area (Å²) in [7, 11) is -3.87. The zero-order valence-corrected chi connectivity index (χ0v) is 14.5. The predicted molar refractivity (Wildman–Crippen MR) is 88.1 cm³/mol. The fourth-order valence-corrected chi connectivity index (χ4v) is 4.25. The van der Waals surface area contributed by atoms with Gasteiger partial charge in [-0.15, -0.1) is 21.5 Å². The van der Waals surface area contributed by atoms with Gasteiger partial charge in [0.1, 0.15) is 5.69 Å². The van der Waals surface area contributed by atoms with E-state index in [2.05, 4.69) is 25.6 Å². The number of aliphatic hydroxyl groups excluding tert-OH is 1. The summed E-state index contributed by atoms with van der Waals surface area (Å²) >= 11 is 6.54. The zero-order chi connectivity index (χ0) is 18.0. The van der Waals surface area contributed by atoms with E-state index in [0.717, 1.165) is 17.4 Å². The van der Waals surface area contributed by atoms with Crippen LogP contribution in [0.4, 0.5) is 0 Å². The number of hydrogen-bond acceptors (Lipinski definition) is 9. The van der Waals surface area contributed by atoms with Crippen LogP contribution in [-0.2, 0) is 9.84 Å². The van der Waals surface area contributed by atoms with E-state index in [0.29, 0.717) is 5.02 Å². The highest BCUT2D eigenvalue weighted by Crippen LogP contribution is 2.25. The van der Waals surface area contributed by atoms with Gasteiger partial charge >= 0.3 is 0 Å². The number of H-pyrrole nitrogens is 1. The lowest BCUT2D eigenvalue weighted by Crippen LogP contribution is -2.03. The molecular weight excluding hydrogens is 390 g/mol. The Labute approximate surface area is 149 Å². The molecule has 25 heavy (non-hydrogen) atoms. The van der Waals surface area contributed by atoms with Gasteiger partial charge in [-0.25, -0.2) is 13.4 Å².